The van der Waals surface area contributed by atoms with Gasteiger partial charge in [-0.15, -0.1) is 0 Å². The Bertz CT molecular complexity index is 785. The first-order valence-electron chi connectivity index (χ1n) is 10.5. The molecule has 3 N–H and O–H groups in total. The van der Waals surface area contributed by atoms with E-state index in [2.05, 4.69) is 33.5 Å². The predicted octanol–water partition coefficient (Wildman–Crippen LogP) is 1.26. The van der Waals surface area contributed by atoms with Crippen molar-refractivity contribution in [2.24, 2.45) is 21.6 Å². The minimum atomic E-state index is -0.302. The lowest BCUT2D eigenvalue weighted by molar-refractivity contribution is -0.147. The lowest BCUT2D eigenvalue weighted by Gasteiger charge is -2.31. The molecular formula is C20H34N6O4. The Morgan fingerprint density at radius 3 is 2.87 bits per heavy atom. The maximum absolute atomic E-state index is 12.4. The second-order valence-electron chi connectivity index (χ2n) is 7.39. The summed E-state index contributed by atoms with van der Waals surface area (Å²) >= 11 is 0. The quantitative estimate of drug-likeness (QED) is 0.226. The molecule has 0 spiro atoms. The van der Waals surface area contributed by atoms with Gasteiger partial charge in [-0.3, -0.25) is 9.36 Å². The summed E-state index contributed by atoms with van der Waals surface area (Å²) in [5, 5.41) is 0. The summed E-state index contributed by atoms with van der Waals surface area (Å²) in [7, 11) is 1.42. The molecule has 1 aliphatic rings. The SMILES string of the molecule is C=Nc1c(/C(N)=N\COCCCC)[nH]c(=O)n1CCCN1CCCC(C(=O)OC)C1. The van der Waals surface area contributed by atoms with Gasteiger partial charge < -0.3 is 25.1 Å². The van der Waals surface area contributed by atoms with Gasteiger partial charge in [0.15, 0.2) is 5.82 Å². The second kappa shape index (κ2) is 12.3. The Morgan fingerprint density at radius 2 is 2.17 bits per heavy atom. The number of nitrogens with one attached hydrogen (secondary N) is 1. The topological polar surface area (TPSA) is 127 Å². The van der Waals surface area contributed by atoms with Crippen LogP contribution in [0, 0.1) is 5.92 Å². The van der Waals surface area contributed by atoms with Crippen molar-refractivity contribution in [2.45, 2.75) is 45.6 Å². The first kappa shape index (κ1) is 23.8. The number of hydrogen-bond acceptors (Lipinski definition) is 7. The number of amidine groups is 1. The Hall–Kier alpha value is -2.46. The molecule has 10 nitrogen and oxygen atoms in total. The van der Waals surface area contributed by atoms with Gasteiger partial charge in [-0.2, -0.15) is 0 Å². The number of carbonyl (C=O) groups is 1. The van der Waals surface area contributed by atoms with Crippen LogP contribution in [0.1, 0.15) is 44.7 Å². The smallest absolute Gasteiger partial charge is 0.327 e. The summed E-state index contributed by atoms with van der Waals surface area (Å²) in [5.41, 5.74) is 6.07. The number of imidazole rings is 1. The van der Waals surface area contributed by atoms with Gasteiger partial charge in [0.2, 0.25) is 0 Å². The van der Waals surface area contributed by atoms with Crippen LogP contribution in [0.5, 0.6) is 0 Å². The summed E-state index contributed by atoms with van der Waals surface area (Å²) in [4.78, 5) is 37.3. The molecule has 1 aromatic rings. The number of H-pyrrole nitrogens is 1. The minimum absolute atomic E-state index is 0.0775. The van der Waals surface area contributed by atoms with Crippen molar-refractivity contribution in [3.8, 4) is 0 Å². The third kappa shape index (κ3) is 6.53. The monoisotopic (exact) mass is 422 g/mol. The fourth-order valence-electron chi connectivity index (χ4n) is 3.59. The average molecular weight is 423 g/mol. The average Bonchev–Trinajstić information content (AvgIpc) is 3.08. The zero-order chi connectivity index (χ0) is 21.9. The van der Waals surface area contributed by atoms with E-state index in [1.807, 2.05) is 0 Å². The van der Waals surface area contributed by atoms with Crippen LogP contribution in [0.15, 0.2) is 14.8 Å². The van der Waals surface area contributed by atoms with Crippen LogP contribution in [0.2, 0.25) is 0 Å². The number of aliphatic imine (C=N–C) groups is 2. The molecule has 1 aliphatic heterocycles. The molecule has 0 aliphatic carbocycles. The van der Waals surface area contributed by atoms with Gasteiger partial charge in [-0.25, -0.2) is 14.8 Å². The van der Waals surface area contributed by atoms with Crippen molar-refractivity contribution in [3.05, 3.63) is 16.2 Å². The van der Waals surface area contributed by atoms with Crippen LogP contribution in [0.4, 0.5) is 5.82 Å². The number of methoxy groups -OCH3 is 1. The first-order valence-corrected chi connectivity index (χ1v) is 10.5. The van der Waals surface area contributed by atoms with Gasteiger partial charge in [-0.1, -0.05) is 13.3 Å². The highest BCUT2D eigenvalue weighted by atomic mass is 16.5. The maximum atomic E-state index is 12.4. The second-order valence-corrected chi connectivity index (χ2v) is 7.39. The van der Waals surface area contributed by atoms with Gasteiger partial charge in [0.05, 0.1) is 13.0 Å². The Kier molecular flexibility index (Phi) is 9.75. The van der Waals surface area contributed by atoms with Crippen molar-refractivity contribution in [1.29, 1.82) is 0 Å². The molecule has 2 rings (SSSR count). The van der Waals surface area contributed by atoms with E-state index in [0.29, 0.717) is 31.2 Å². The number of likely N-dealkylation sites (tertiary alicyclic amines) is 1. The number of aromatic nitrogens is 2. The number of nitrogens with zero attached hydrogens (tertiary/aromatic N) is 4. The summed E-state index contributed by atoms with van der Waals surface area (Å²) in [6.45, 7) is 9.25. The van der Waals surface area contributed by atoms with Gasteiger partial charge in [0, 0.05) is 19.7 Å². The Balaban J connectivity index is 1.95. The molecular weight excluding hydrogens is 388 g/mol. The summed E-state index contributed by atoms with van der Waals surface area (Å²) in [5.74, 6) is 0.312. The summed E-state index contributed by atoms with van der Waals surface area (Å²) in [6.07, 6.45) is 4.54. The van der Waals surface area contributed by atoms with Crippen LogP contribution in [0.25, 0.3) is 0 Å². The minimum Gasteiger partial charge on any atom is -0.469 e. The van der Waals surface area contributed by atoms with Crippen molar-refractivity contribution < 1.29 is 14.3 Å². The molecule has 0 aromatic carbocycles. The molecule has 1 aromatic heterocycles. The third-order valence-corrected chi connectivity index (χ3v) is 5.23. The maximum Gasteiger partial charge on any atom is 0.327 e. The lowest BCUT2D eigenvalue weighted by Crippen LogP contribution is -2.39. The fraction of sp³-hybridized carbons (Fsp3) is 0.700. The van der Waals surface area contributed by atoms with Crippen molar-refractivity contribution in [2.75, 3.05) is 40.1 Å². The molecule has 0 radical (unpaired) electrons. The normalized spacial score (nSPS) is 17.8. The zero-order valence-corrected chi connectivity index (χ0v) is 18.1. The number of hydrogen-bond donors (Lipinski definition) is 2. The molecule has 168 valence electrons. The molecule has 2 heterocycles. The Morgan fingerprint density at radius 1 is 1.37 bits per heavy atom. The van der Waals surface area contributed by atoms with E-state index >= 15 is 0 Å². The van der Waals surface area contributed by atoms with Crippen LogP contribution in [0.3, 0.4) is 0 Å². The van der Waals surface area contributed by atoms with Crippen molar-refractivity contribution >= 4 is 24.3 Å². The van der Waals surface area contributed by atoms with E-state index in [-0.39, 0.29) is 30.1 Å². The molecule has 1 saturated heterocycles. The molecule has 0 amide bonds. The molecule has 0 bridgehead atoms. The van der Waals surface area contributed by atoms with Crippen LogP contribution in [-0.4, -0.2) is 73.1 Å². The molecule has 10 heteroatoms. The van der Waals surface area contributed by atoms with Crippen molar-refractivity contribution in [1.82, 2.24) is 14.5 Å². The first-order chi connectivity index (χ1) is 14.5. The molecule has 0 saturated carbocycles. The highest BCUT2D eigenvalue weighted by molar-refractivity contribution is 5.99. The van der Waals surface area contributed by atoms with Gasteiger partial charge in [-0.05, 0) is 45.5 Å². The number of rotatable bonds is 12. The highest BCUT2D eigenvalue weighted by Gasteiger charge is 2.26. The highest BCUT2D eigenvalue weighted by Crippen LogP contribution is 2.19. The summed E-state index contributed by atoms with van der Waals surface area (Å²) in [6, 6.07) is 0. The fourth-order valence-corrected chi connectivity index (χ4v) is 3.59. The van der Waals surface area contributed by atoms with Gasteiger partial charge in [0.25, 0.3) is 0 Å². The van der Waals surface area contributed by atoms with Crippen LogP contribution in [-0.2, 0) is 20.8 Å². The van der Waals surface area contributed by atoms with E-state index in [0.717, 1.165) is 45.2 Å². The van der Waals surface area contributed by atoms with E-state index in [1.165, 1.54) is 11.7 Å². The third-order valence-electron chi connectivity index (χ3n) is 5.23. The summed E-state index contributed by atoms with van der Waals surface area (Å²) < 4.78 is 11.8. The molecule has 1 unspecified atom stereocenters. The molecule has 1 fully saturated rings. The number of piperidine rings is 1. The molecule has 1 atom stereocenters. The number of aromatic amines is 1. The number of ether oxygens (including phenoxy) is 2. The number of unbranched alkanes of at least 4 members (excludes halogenated alkanes) is 1. The number of nitrogens with two attached hydrogens (primary N) is 1. The predicted molar refractivity (Wildman–Crippen MR) is 117 cm³/mol. The van der Waals surface area contributed by atoms with E-state index in [1.54, 1.807) is 0 Å². The Labute approximate surface area is 177 Å². The van der Waals surface area contributed by atoms with E-state index in [4.69, 9.17) is 15.2 Å². The van der Waals surface area contributed by atoms with Crippen LogP contribution >= 0.6 is 0 Å². The van der Waals surface area contributed by atoms with Gasteiger partial charge in [0.1, 0.15) is 18.3 Å². The van der Waals surface area contributed by atoms with E-state index in [9.17, 15) is 9.59 Å². The number of carbonyl (C=O) groups excluding carboxylic acids is 1. The van der Waals surface area contributed by atoms with E-state index < -0.39 is 0 Å². The van der Waals surface area contributed by atoms with Gasteiger partial charge >= 0.3 is 11.7 Å². The molecule has 30 heavy (non-hydrogen) atoms. The zero-order valence-electron chi connectivity index (χ0n) is 18.1. The largest absolute Gasteiger partial charge is 0.469 e. The standard InChI is InChI=1S/C20H34N6O4/c1-4-5-12-30-14-23-17(21)16-18(22-2)26(20(28)24-16)11-7-10-25-9-6-8-15(13-25)19(27)29-3/h15H,2,4-14H2,1,3H3,(H2,21,23)(H,24,28). The van der Waals surface area contributed by atoms with Crippen LogP contribution < -0.4 is 11.4 Å². The number of esters is 1. The lowest BCUT2D eigenvalue weighted by atomic mass is 9.98. The van der Waals surface area contributed by atoms with Crippen molar-refractivity contribution in [3.63, 3.8) is 0 Å².